The Hall–Kier alpha value is -1.57. The number of nitrogens with one attached hydrogen (secondary N) is 1. The van der Waals surface area contributed by atoms with Crippen molar-refractivity contribution in [1.29, 1.82) is 0 Å². The number of halogens is 3. The molecule has 1 aromatic rings. The van der Waals surface area contributed by atoms with Crippen LogP contribution in [0, 0.1) is 5.92 Å². The number of hydrogen-bond donors (Lipinski definition) is 2. The highest BCUT2D eigenvalue weighted by molar-refractivity contribution is 5.77. The van der Waals surface area contributed by atoms with Crippen LogP contribution in [0.1, 0.15) is 25.1 Å². The predicted octanol–water partition coefficient (Wildman–Crippen LogP) is 1.09. The van der Waals surface area contributed by atoms with Gasteiger partial charge in [-0.25, -0.2) is 4.98 Å². The number of aliphatic hydroxyl groups is 1. The Kier molecular flexibility index (Phi) is 3.77. The van der Waals surface area contributed by atoms with E-state index in [0.717, 1.165) is 23.6 Å². The van der Waals surface area contributed by atoms with Gasteiger partial charge >= 0.3 is 6.18 Å². The smallest absolute Gasteiger partial charge is 0.374 e. The Labute approximate surface area is 113 Å². The zero-order chi connectivity index (χ0) is 15.0. The molecule has 112 valence electrons. The van der Waals surface area contributed by atoms with E-state index in [1.165, 1.54) is 13.2 Å². The molecule has 0 aromatic carbocycles. The third kappa shape index (κ3) is 2.95. The SMILES string of the molecule is Cn1ccnc1[C@@](O)(CC(=O)NCC1CC1)C(F)(F)F. The van der Waals surface area contributed by atoms with Crippen LogP contribution >= 0.6 is 0 Å². The molecule has 1 aliphatic rings. The Morgan fingerprint density at radius 2 is 2.20 bits per heavy atom. The highest BCUT2D eigenvalue weighted by Gasteiger charge is 2.58. The topological polar surface area (TPSA) is 67.1 Å². The second-order valence-electron chi connectivity index (χ2n) is 5.14. The summed E-state index contributed by atoms with van der Waals surface area (Å²) in [6.07, 6.45) is -1.69. The first-order valence-corrected chi connectivity index (χ1v) is 6.27. The van der Waals surface area contributed by atoms with Gasteiger partial charge in [-0.1, -0.05) is 0 Å². The van der Waals surface area contributed by atoms with Crippen molar-refractivity contribution in [1.82, 2.24) is 14.9 Å². The number of hydrogen-bond acceptors (Lipinski definition) is 3. The first kappa shape index (κ1) is 14.8. The van der Waals surface area contributed by atoms with E-state index in [2.05, 4.69) is 10.3 Å². The lowest BCUT2D eigenvalue weighted by atomic mass is 9.97. The minimum atomic E-state index is -4.98. The fourth-order valence-corrected chi connectivity index (χ4v) is 1.95. The summed E-state index contributed by atoms with van der Waals surface area (Å²) in [6.45, 7) is 0.354. The van der Waals surface area contributed by atoms with E-state index in [4.69, 9.17) is 0 Å². The van der Waals surface area contributed by atoms with E-state index in [1.54, 1.807) is 0 Å². The lowest BCUT2D eigenvalue weighted by Gasteiger charge is -2.29. The van der Waals surface area contributed by atoms with E-state index < -0.39 is 29.9 Å². The van der Waals surface area contributed by atoms with Gasteiger partial charge in [-0.3, -0.25) is 4.79 Å². The molecule has 5 nitrogen and oxygen atoms in total. The van der Waals surface area contributed by atoms with Crippen LogP contribution < -0.4 is 5.32 Å². The van der Waals surface area contributed by atoms with Gasteiger partial charge in [0.05, 0.1) is 6.42 Å². The average Bonchev–Trinajstić information content (AvgIpc) is 3.06. The van der Waals surface area contributed by atoms with E-state index in [-0.39, 0.29) is 0 Å². The fourth-order valence-electron chi connectivity index (χ4n) is 1.95. The maximum absolute atomic E-state index is 13.1. The zero-order valence-corrected chi connectivity index (χ0v) is 10.9. The van der Waals surface area contributed by atoms with Crippen molar-refractivity contribution in [2.75, 3.05) is 6.54 Å². The molecule has 1 amide bonds. The first-order valence-electron chi connectivity index (χ1n) is 6.27. The Bertz CT molecular complexity index is 496. The van der Waals surface area contributed by atoms with Crippen LogP contribution in [0.15, 0.2) is 12.4 Å². The molecule has 8 heteroatoms. The Morgan fingerprint density at radius 1 is 1.55 bits per heavy atom. The van der Waals surface area contributed by atoms with Crippen LogP contribution in [-0.4, -0.2) is 33.3 Å². The maximum atomic E-state index is 13.1. The van der Waals surface area contributed by atoms with Crippen molar-refractivity contribution in [3.05, 3.63) is 18.2 Å². The van der Waals surface area contributed by atoms with Crippen LogP contribution in [0.25, 0.3) is 0 Å². The summed E-state index contributed by atoms with van der Waals surface area (Å²) in [5.41, 5.74) is -3.28. The highest BCUT2D eigenvalue weighted by Crippen LogP contribution is 2.40. The van der Waals surface area contributed by atoms with Gasteiger partial charge in [0.1, 0.15) is 0 Å². The summed E-state index contributed by atoms with van der Waals surface area (Å²) in [5.74, 6) is -1.07. The van der Waals surface area contributed by atoms with Crippen molar-refractivity contribution >= 4 is 5.91 Å². The summed E-state index contributed by atoms with van der Waals surface area (Å²) in [5, 5.41) is 12.4. The third-order valence-electron chi connectivity index (χ3n) is 3.36. The van der Waals surface area contributed by atoms with E-state index in [0.29, 0.717) is 12.5 Å². The van der Waals surface area contributed by atoms with E-state index in [9.17, 15) is 23.1 Å². The lowest BCUT2D eigenvalue weighted by Crippen LogP contribution is -2.48. The summed E-state index contributed by atoms with van der Waals surface area (Å²) in [4.78, 5) is 15.2. The number of carbonyl (C=O) groups excluding carboxylic acids is 1. The monoisotopic (exact) mass is 291 g/mol. The molecule has 1 aromatic heterocycles. The van der Waals surface area contributed by atoms with Crippen LogP contribution in [0.2, 0.25) is 0 Å². The van der Waals surface area contributed by atoms with Gasteiger partial charge in [0.25, 0.3) is 0 Å². The third-order valence-corrected chi connectivity index (χ3v) is 3.36. The van der Waals surface area contributed by atoms with Gasteiger partial charge in [0.2, 0.25) is 11.5 Å². The molecule has 0 spiro atoms. The molecule has 20 heavy (non-hydrogen) atoms. The predicted molar refractivity (Wildman–Crippen MR) is 63.5 cm³/mol. The van der Waals surface area contributed by atoms with Crippen LogP contribution in [0.4, 0.5) is 13.2 Å². The number of nitrogens with zero attached hydrogens (tertiary/aromatic N) is 2. The molecular weight excluding hydrogens is 275 g/mol. The number of alkyl halides is 3. The zero-order valence-electron chi connectivity index (χ0n) is 10.9. The summed E-state index contributed by atoms with van der Waals surface area (Å²) >= 11 is 0. The standard InChI is InChI=1S/C12H16F3N3O2/c1-18-5-4-16-10(18)11(20,12(13,14)15)6-9(19)17-7-8-2-3-8/h4-5,8,20H,2-3,6-7H2,1H3,(H,17,19)/t11-/m0/s1. The molecule has 2 N–H and O–H groups in total. The van der Waals surface area contributed by atoms with Crippen molar-refractivity contribution in [3.8, 4) is 0 Å². The molecule has 1 fully saturated rings. The molecule has 0 radical (unpaired) electrons. The lowest BCUT2D eigenvalue weighted by molar-refractivity contribution is -0.271. The number of carbonyl (C=O) groups is 1. The molecule has 0 aliphatic heterocycles. The van der Waals surface area contributed by atoms with Crippen LogP contribution in [-0.2, 0) is 17.4 Å². The Balaban J connectivity index is 2.15. The molecule has 1 atom stereocenters. The molecule has 2 rings (SSSR count). The number of aryl methyl sites for hydroxylation is 1. The second kappa shape index (κ2) is 5.08. The van der Waals surface area contributed by atoms with Gasteiger partial charge in [-0.2, -0.15) is 13.2 Å². The van der Waals surface area contributed by atoms with Gasteiger partial charge in [-0.05, 0) is 18.8 Å². The molecule has 1 heterocycles. The van der Waals surface area contributed by atoms with Crippen LogP contribution in [0.5, 0.6) is 0 Å². The number of imidazole rings is 1. The highest BCUT2D eigenvalue weighted by atomic mass is 19.4. The first-order chi connectivity index (χ1) is 9.24. The second-order valence-corrected chi connectivity index (χ2v) is 5.14. The average molecular weight is 291 g/mol. The molecule has 1 saturated carbocycles. The van der Waals surface area contributed by atoms with Gasteiger partial charge in [0, 0.05) is 26.0 Å². The maximum Gasteiger partial charge on any atom is 0.425 e. The van der Waals surface area contributed by atoms with Gasteiger partial charge in [-0.15, -0.1) is 0 Å². The minimum absolute atomic E-state index is 0.353. The quantitative estimate of drug-likeness (QED) is 0.853. The van der Waals surface area contributed by atoms with Gasteiger partial charge < -0.3 is 15.0 Å². The molecule has 0 unspecified atom stereocenters. The normalized spacial score (nSPS) is 18.6. The van der Waals surface area contributed by atoms with Crippen molar-refractivity contribution < 1.29 is 23.1 Å². The van der Waals surface area contributed by atoms with Gasteiger partial charge in [0.15, 0.2) is 5.82 Å². The van der Waals surface area contributed by atoms with Crippen molar-refractivity contribution in [2.45, 2.75) is 31.0 Å². The largest absolute Gasteiger partial charge is 0.425 e. The number of amides is 1. The van der Waals surface area contributed by atoms with Crippen LogP contribution in [0.3, 0.4) is 0 Å². The molecule has 0 saturated heterocycles. The fraction of sp³-hybridized carbons (Fsp3) is 0.667. The summed E-state index contributed by atoms with van der Waals surface area (Å²) < 4.78 is 40.5. The van der Waals surface area contributed by atoms with Crippen molar-refractivity contribution in [2.24, 2.45) is 13.0 Å². The number of aromatic nitrogens is 2. The summed E-state index contributed by atoms with van der Waals surface area (Å²) in [6, 6.07) is 0. The molecular formula is C12H16F3N3O2. The van der Waals surface area contributed by atoms with E-state index >= 15 is 0 Å². The summed E-state index contributed by atoms with van der Waals surface area (Å²) in [7, 11) is 1.33. The van der Waals surface area contributed by atoms with E-state index in [1.807, 2.05) is 0 Å². The van der Waals surface area contributed by atoms with Crippen molar-refractivity contribution in [3.63, 3.8) is 0 Å². The molecule has 1 aliphatic carbocycles. The Morgan fingerprint density at radius 3 is 2.65 bits per heavy atom. The minimum Gasteiger partial charge on any atom is -0.374 e. The molecule has 0 bridgehead atoms. The number of rotatable bonds is 5.